The highest BCUT2D eigenvalue weighted by atomic mass is 15.0. The van der Waals surface area contributed by atoms with Crippen molar-refractivity contribution in [2.24, 2.45) is 0 Å². The molecule has 1 aromatic rings. The molecule has 0 saturated carbocycles. The van der Waals surface area contributed by atoms with Crippen molar-refractivity contribution in [1.29, 1.82) is 0 Å². The molecule has 1 N–H and O–H groups in total. The summed E-state index contributed by atoms with van der Waals surface area (Å²) >= 11 is 0. The molecule has 0 aliphatic rings. The lowest BCUT2D eigenvalue weighted by molar-refractivity contribution is 0.634. The summed E-state index contributed by atoms with van der Waals surface area (Å²) in [6.07, 6.45) is 7.19. The van der Waals surface area contributed by atoms with Gasteiger partial charge in [-0.3, -0.25) is 0 Å². The molecule has 0 fully saturated rings. The zero-order chi connectivity index (χ0) is 12.0. The summed E-state index contributed by atoms with van der Waals surface area (Å²) in [5.74, 6) is 0. The number of hydrogen-bond donors (Lipinski definition) is 1. The van der Waals surface area contributed by atoms with Crippen LogP contribution in [0.2, 0.25) is 0 Å². The number of aromatic nitrogens is 2. The molecule has 0 saturated heterocycles. The summed E-state index contributed by atoms with van der Waals surface area (Å²) in [5, 5.41) is 3.41. The van der Waals surface area contributed by atoms with E-state index in [2.05, 4.69) is 48.6 Å². The van der Waals surface area contributed by atoms with Crippen molar-refractivity contribution in [3.63, 3.8) is 0 Å². The Kier molecular flexibility index (Phi) is 5.26. The molecule has 90 valence electrons. The van der Waals surface area contributed by atoms with Crippen LogP contribution >= 0.6 is 0 Å². The van der Waals surface area contributed by atoms with Gasteiger partial charge >= 0.3 is 0 Å². The average Bonchev–Trinajstić information content (AvgIpc) is 2.67. The van der Waals surface area contributed by atoms with Gasteiger partial charge < -0.3 is 9.88 Å². The number of nitrogens with one attached hydrogen (secondary N) is 1. The van der Waals surface area contributed by atoms with Gasteiger partial charge in [0, 0.05) is 12.6 Å². The first-order chi connectivity index (χ1) is 7.69. The van der Waals surface area contributed by atoms with Gasteiger partial charge in [0.25, 0.3) is 0 Å². The Labute approximate surface area is 98.6 Å². The minimum Gasteiger partial charge on any atom is -0.331 e. The Morgan fingerprint density at radius 1 is 1.56 bits per heavy atom. The lowest BCUT2D eigenvalue weighted by atomic mass is 10.1. The average molecular weight is 221 g/mol. The van der Waals surface area contributed by atoms with E-state index in [-0.39, 0.29) is 0 Å². The molecule has 0 bridgehead atoms. The number of rotatable bonds is 6. The van der Waals surface area contributed by atoms with Crippen LogP contribution in [0.1, 0.15) is 39.8 Å². The zero-order valence-electron chi connectivity index (χ0n) is 10.8. The second-order valence-corrected chi connectivity index (χ2v) is 4.18. The molecule has 1 rings (SSSR count). The molecule has 1 aromatic heterocycles. The van der Waals surface area contributed by atoms with E-state index < -0.39 is 0 Å². The first-order valence-corrected chi connectivity index (χ1v) is 6.10. The van der Waals surface area contributed by atoms with E-state index in [9.17, 15) is 0 Å². The fraction of sp³-hybridized carbons (Fsp3) is 0.615. The first-order valence-electron chi connectivity index (χ1n) is 6.10. The monoisotopic (exact) mass is 221 g/mol. The summed E-state index contributed by atoms with van der Waals surface area (Å²) in [6, 6.07) is 0.426. The topological polar surface area (TPSA) is 29.9 Å². The zero-order valence-corrected chi connectivity index (χ0v) is 10.8. The molecular weight excluding hydrogens is 198 g/mol. The van der Waals surface area contributed by atoms with Crippen molar-refractivity contribution in [1.82, 2.24) is 14.9 Å². The van der Waals surface area contributed by atoms with E-state index in [0.717, 1.165) is 19.5 Å². The van der Waals surface area contributed by atoms with E-state index in [1.54, 1.807) is 0 Å². The van der Waals surface area contributed by atoms with Gasteiger partial charge in [-0.15, -0.1) is 0 Å². The van der Waals surface area contributed by atoms with Gasteiger partial charge in [-0.1, -0.05) is 19.4 Å². The maximum Gasteiger partial charge on any atom is 0.0950 e. The van der Waals surface area contributed by atoms with Crippen molar-refractivity contribution >= 4 is 6.08 Å². The summed E-state index contributed by atoms with van der Waals surface area (Å²) < 4.78 is 2.20. The fourth-order valence-corrected chi connectivity index (χ4v) is 1.70. The Hall–Kier alpha value is -1.09. The maximum atomic E-state index is 4.20. The molecule has 1 heterocycles. The SMILES string of the molecule is CCCn1cncc1/C=C(/C)C(C)NCC. The highest BCUT2D eigenvalue weighted by Crippen LogP contribution is 2.10. The van der Waals surface area contributed by atoms with E-state index >= 15 is 0 Å². The van der Waals surface area contributed by atoms with Crippen LogP contribution in [-0.4, -0.2) is 22.1 Å². The molecule has 0 amide bonds. The van der Waals surface area contributed by atoms with Gasteiger partial charge in [0.15, 0.2) is 0 Å². The summed E-state index contributed by atoms with van der Waals surface area (Å²) in [7, 11) is 0. The first kappa shape index (κ1) is 13.0. The lowest BCUT2D eigenvalue weighted by Gasteiger charge is -2.13. The molecule has 3 heteroatoms. The van der Waals surface area contributed by atoms with Crippen molar-refractivity contribution in [2.45, 2.75) is 46.7 Å². The molecule has 0 radical (unpaired) electrons. The number of likely N-dealkylation sites (N-methyl/N-ethyl adjacent to an activating group) is 1. The van der Waals surface area contributed by atoms with E-state index in [1.165, 1.54) is 11.3 Å². The number of hydrogen-bond acceptors (Lipinski definition) is 2. The number of nitrogens with zero attached hydrogens (tertiary/aromatic N) is 2. The van der Waals surface area contributed by atoms with E-state index in [4.69, 9.17) is 0 Å². The largest absolute Gasteiger partial charge is 0.331 e. The van der Waals surface area contributed by atoms with Gasteiger partial charge in [-0.05, 0) is 32.9 Å². The summed E-state index contributed by atoms with van der Waals surface area (Å²) in [6.45, 7) is 10.7. The smallest absolute Gasteiger partial charge is 0.0950 e. The third-order valence-electron chi connectivity index (χ3n) is 2.78. The van der Waals surface area contributed by atoms with Gasteiger partial charge in [-0.2, -0.15) is 0 Å². The molecule has 1 unspecified atom stereocenters. The van der Waals surface area contributed by atoms with Crippen molar-refractivity contribution in [3.05, 3.63) is 23.8 Å². The molecular formula is C13H23N3. The molecule has 1 atom stereocenters. The van der Waals surface area contributed by atoms with E-state index in [0.29, 0.717) is 6.04 Å². The van der Waals surface area contributed by atoms with Gasteiger partial charge in [-0.25, -0.2) is 4.98 Å². The third kappa shape index (κ3) is 3.49. The Bertz CT molecular complexity index is 339. The summed E-state index contributed by atoms with van der Waals surface area (Å²) in [5.41, 5.74) is 2.55. The van der Waals surface area contributed by atoms with Crippen molar-refractivity contribution in [2.75, 3.05) is 6.54 Å². The quantitative estimate of drug-likeness (QED) is 0.800. The minimum absolute atomic E-state index is 0.426. The lowest BCUT2D eigenvalue weighted by Crippen LogP contribution is -2.26. The molecule has 3 nitrogen and oxygen atoms in total. The van der Waals surface area contributed by atoms with Crippen LogP contribution in [0, 0.1) is 0 Å². The van der Waals surface area contributed by atoms with Gasteiger partial charge in [0.2, 0.25) is 0 Å². The summed E-state index contributed by atoms with van der Waals surface area (Å²) in [4.78, 5) is 4.20. The predicted octanol–water partition coefficient (Wildman–Crippen LogP) is 2.69. The van der Waals surface area contributed by atoms with Crippen molar-refractivity contribution < 1.29 is 0 Å². The molecule has 0 aromatic carbocycles. The van der Waals surface area contributed by atoms with Gasteiger partial charge in [0.05, 0.1) is 18.2 Å². The molecule has 16 heavy (non-hydrogen) atoms. The van der Waals surface area contributed by atoms with Gasteiger partial charge in [0.1, 0.15) is 0 Å². The number of imidazole rings is 1. The van der Waals surface area contributed by atoms with Crippen LogP contribution in [0.15, 0.2) is 18.1 Å². The standard InChI is InChI=1S/C13H23N3/c1-5-7-16-10-14-9-13(16)8-11(3)12(4)15-6-2/h8-10,12,15H,5-7H2,1-4H3/b11-8-. The Morgan fingerprint density at radius 2 is 2.31 bits per heavy atom. The van der Waals surface area contributed by atoms with Crippen molar-refractivity contribution in [3.8, 4) is 0 Å². The van der Waals surface area contributed by atoms with Crippen LogP contribution in [0.5, 0.6) is 0 Å². The van der Waals surface area contributed by atoms with E-state index in [1.807, 2.05) is 12.5 Å². The molecule has 0 spiro atoms. The Balaban J connectivity index is 2.76. The van der Waals surface area contributed by atoms with Crippen LogP contribution < -0.4 is 5.32 Å². The van der Waals surface area contributed by atoms with Crippen LogP contribution in [-0.2, 0) is 6.54 Å². The number of aryl methyl sites for hydroxylation is 1. The predicted molar refractivity (Wildman–Crippen MR) is 69.3 cm³/mol. The fourth-order valence-electron chi connectivity index (χ4n) is 1.70. The highest BCUT2D eigenvalue weighted by Gasteiger charge is 2.04. The second-order valence-electron chi connectivity index (χ2n) is 4.18. The van der Waals surface area contributed by atoms with Crippen LogP contribution in [0.3, 0.4) is 0 Å². The molecule has 0 aliphatic carbocycles. The maximum absolute atomic E-state index is 4.20. The van der Waals surface area contributed by atoms with Crippen LogP contribution in [0.25, 0.3) is 6.08 Å². The normalized spacial score (nSPS) is 14.1. The second kappa shape index (κ2) is 6.48. The molecule has 0 aliphatic heterocycles. The minimum atomic E-state index is 0.426. The Morgan fingerprint density at radius 3 is 2.94 bits per heavy atom. The highest BCUT2D eigenvalue weighted by molar-refractivity contribution is 5.49. The third-order valence-corrected chi connectivity index (χ3v) is 2.78. The van der Waals surface area contributed by atoms with Crippen LogP contribution in [0.4, 0.5) is 0 Å².